The molecule has 5 aromatic carbocycles. The molecule has 0 radical (unpaired) electrons. The van der Waals surface area contributed by atoms with Crippen molar-refractivity contribution in [1.82, 2.24) is 0 Å². The molecule has 0 amide bonds. The molecule has 2 N–H and O–H groups in total. The van der Waals surface area contributed by atoms with Crippen molar-refractivity contribution < 1.29 is 14.3 Å². The molecule has 4 aliphatic rings. The lowest BCUT2D eigenvalue weighted by Gasteiger charge is -2.39. The van der Waals surface area contributed by atoms with Gasteiger partial charge in [0.05, 0.1) is 53.2 Å². The summed E-state index contributed by atoms with van der Waals surface area (Å²) in [6.07, 6.45) is 3.81. The fraction of sp³-hybridized carbons (Fsp3) is 0.0714. The topological polar surface area (TPSA) is 107 Å². The number of nitrogens with zero attached hydrogens (tertiary/aromatic N) is 2. The minimum Gasteiger partial charge on any atom is -0.456 e. The Labute approximate surface area is 334 Å². The lowest BCUT2D eigenvalue weighted by Crippen LogP contribution is -2.34. The van der Waals surface area contributed by atoms with Gasteiger partial charge in [-0.25, -0.2) is 4.79 Å². The van der Waals surface area contributed by atoms with Crippen molar-refractivity contribution >= 4 is 92.7 Å². The van der Waals surface area contributed by atoms with Crippen LogP contribution in [0.5, 0.6) is 11.5 Å². The molecule has 4 heterocycles. The predicted molar refractivity (Wildman–Crippen MR) is 214 cm³/mol. The van der Waals surface area contributed by atoms with Crippen LogP contribution in [0.4, 0.5) is 11.4 Å². The van der Waals surface area contributed by atoms with Gasteiger partial charge in [0.2, 0.25) is 0 Å². The summed E-state index contributed by atoms with van der Waals surface area (Å²) in [5, 5.41) is 28.4. The maximum atomic E-state index is 14.0. The number of carbonyl (C=O) groups excluding carboxylic acids is 1. The molecule has 0 aromatic heterocycles. The van der Waals surface area contributed by atoms with Crippen LogP contribution in [0.15, 0.2) is 94.5 Å². The zero-order valence-electron chi connectivity index (χ0n) is 28.1. The van der Waals surface area contributed by atoms with E-state index in [2.05, 4.69) is 22.8 Å². The molecule has 1 atom stereocenters. The average molecular weight is 805 g/mol. The monoisotopic (exact) mass is 802 g/mol. The SMILES string of the molecule is Cc1c(/C(C#N)=C2\C=Cc3ccccc3N2)ccc2c1Oc1c(ccc(/C(C#N)=C3/Nc4ccccc4S3)c1C)C21OC(=O)c2c(Cl)c(Cl)c(Cl)c(Cl)c21. The van der Waals surface area contributed by atoms with Crippen molar-refractivity contribution in [3.8, 4) is 23.6 Å². The van der Waals surface area contributed by atoms with E-state index in [-0.39, 0.29) is 31.2 Å². The number of hydrogen-bond donors (Lipinski definition) is 2. The highest BCUT2D eigenvalue weighted by Gasteiger charge is 2.57. The number of nitrogens with one attached hydrogen (secondary N) is 2. The summed E-state index contributed by atoms with van der Waals surface area (Å²) in [6, 6.07) is 27.5. The number of rotatable bonds is 2. The van der Waals surface area contributed by atoms with Crippen molar-refractivity contribution in [3.63, 3.8) is 0 Å². The molecule has 0 bridgehead atoms. The molecule has 12 heteroatoms. The zero-order chi connectivity index (χ0) is 37.6. The third-order valence-electron chi connectivity index (χ3n) is 10.1. The number of halogens is 4. The van der Waals surface area contributed by atoms with Crippen LogP contribution in [0.3, 0.4) is 0 Å². The van der Waals surface area contributed by atoms with Crippen LogP contribution in [0.1, 0.15) is 54.9 Å². The van der Waals surface area contributed by atoms with E-state index < -0.39 is 11.6 Å². The van der Waals surface area contributed by atoms with Gasteiger partial charge >= 0.3 is 5.97 Å². The highest BCUT2D eigenvalue weighted by Crippen LogP contribution is 2.62. The first-order chi connectivity index (χ1) is 26.1. The van der Waals surface area contributed by atoms with Crippen LogP contribution in [0.25, 0.3) is 17.2 Å². The highest BCUT2D eigenvalue weighted by molar-refractivity contribution is 8.04. The smallest absolute Gasteiger partial charge is 0.341 e. The summed E-state index contributed by atoms with van der Waals surface area (Å²) >= 11 is 28.4. The number of nitriles is 2. The maximum Gasteiger partial charge on any atom is 0.341 e. The molecule has 0 aliphatic carbocycles. The second kappa shape index (κ2) is 12.6. The first-order valence-corrected chi connectivity index (χ1v) is 18.8. The van der Waals surface area contributed by atoms with E-state index in [1.54, 1.807) is 24.3 Å². The third-order valence-corrected chi connectivity index (χ3v) is 13.0. The summed E-state index contributed by atoms with van der Waals surface area (Å²) < 4.78 is 13.3. The van der Waals surface area contributed by atoms with Gasteiger partial charge < -0.3 is 20.1 Å². The van der Waals surface area contributed by atoms with Crippen molar-refractivity contribution in [2.24, 2.45) is 0 Å². The number of anilines is 2. The third kappa shape index (κ3) is 4.78. The van der Waals surface area contributed by atoms with Crippen molar-refractivity contribution in [3.05, 3.63) is 160 Å². The maximum absolute atomic E-state index is 14.0. The Balaban J connectivity index is 1.30. The van der Waals surface area contributed by atoms with Crippen LogP contribution in [0, 0.1) is 36.5 Å². The summed E-state index contributed by atoms with van der Waals surface area (Å²) in [4.78, 5) is 15.0. The van der Waals surface area contributed by atoms with Gasteiger partial charge in [0.1, 0.15) is 23.6 Å². The summed E-state index contributed by atoms with van der Waals surface area (Å²) in [6.45, 7) is 3.68. The lowest BCUT2D eigenvalue weighted by molar-refractivity contribution is 0.0223. The standard InChI is InChI=1S/C42H22Cl4N4O3S/c1-19-22(24(17-47)29-16-11-21-7-3-4-8-28(21)49-29)12-14-26-38(19)52-39-20(2)23(25(18-48)40-50-30-9-5-6-10-31(30)54-40)13-15-27(39)42(26)33-32(41(51)53-42)34(43)36(45)37(46)35(33)44/h3-16,49-50H,1-2H3/b29-24+,40-25-. The van der Waals surface area contributed by atoms with E-state index in [0.717, 1.165) is 21.8 Å². The van der Waals surface area contributed by atoms with Crippen LogP contribution in [-0.4, -0.2) is 5.97 Å². The molecule has 0 fully saturated rings. The minimum atomic E-state index is -1.70. The molecule has 1 spiro atoms. The fourth-order valence-electron chi connectivity index (χ4n) is 7.55. The highest BCUT2D eigenvalue weighted by atomic mass is 35.5. The molecule has 54 heavy (non-hydrogen) atoms. The minimum absolute atomic E-state index is 0.00614. The van der Waals surface area contributed by atoms with E-state index >= 15 is 0 Å². The molecule has 5 aromatic rings. The number of hydrogen-bond acceptors (Lipinski definition) is 8. The number of para-hydroxylation sites is 2. The molecular formula is C42H22Cl4N4O3S. The number of fused-ring (bicyclic) bond motifs is 8. The molecule has 4 aliphatic heterocycles. The van der Waals surface area contributed by atoms with Crippen LogP contribution < -0.4 is 15.4 Å². The Morgan fingerprint density at radius 2 is 1.33 bits per heavy atom. The normalized spacial score (nSPS) is 18.8. The predicted octanol–water partition coefficient (Wildman–Crippen LogP) is 12.3. The van der Waals surface area contributed by atoms with E-state index in [4.69, 9.17) is 55.9 Å². The number of benzene rings is 5. The number of esters is 1. The molecule has 7 nitrogen and oxygen atoms in total. The van der Waals surface area contributed by atoms with Gasteiger partial charge in [0.25, 0.3) is 0 Å². The summed E-state index contributed by atoms with van der Waals surface area (Å²) in [5.41, 5.74) is 5.89. The first-order valence-electron chi connectivity index (χ1n) is 16.5. The number of carbonyl (C=O) groups is 1. The van der Waals surface area contributed by atoms with Gasteiger partial charge in [-0.2, -0.15) is 10.5 Å². The van der Waals surface area contributed by atoms with Crippen LogP contribution >= 0.6 is 58.2 Å². The lowest BCUT2D eigenvalue weighted by atomic mass is 9.75. The van der Waals surface area contributed by atoms with E-state index in [0.29, 0.717) is 66.8 Å². The van der Waals surface area contributed by atoms with Gasteiger partial charge in [0, 0.05) is 49.5 Å². The summed E-state index contributed by atoms with van der Waals surface area (Å²) in [5.74, 6) is -0.0830. The Kier molecular flexibility index (Phi) is 8.06. The number of thioether (sulfide) groups is 1. The van der Waals surface area contributed by atoms with E-state index in [9.17, 15) is 15.3 Å². The second-order valence-corrected chi connectivity index (χ2v) is 15.5. The molecular weight excluding hydrogens is 782 g/mol. The molecule has 1 unspecified atom stereocenters. The quantitative estimate of drug-likeness (QED) is 0.0786. The van der Waals surface area contributed by atoms with Crippen molar-refractivity contribution in [2.45, 2.75) is 24.3 Å². The molecule has 0 saturated heterocycles. The van der Waals surface area contributed by atoms with E-state index in [1.165, 1.54) is 11.8 Å². The number of allylic oxidation sites excluding steroid dienone is 3. The van der Waals surface area contributed by atoms with Gasteiger partial charge in [-0.1, -0.05) is 107 Å². The Bertz CT molecular complexity index is 2750. The van der Waals surface area contributed by atoms with Gasteiger partial charge in [-0.15, -0.1) is 0 Å². The van der Waals surface area contributed by atoms with E-state index in [1.807, 2.05) is 74.5 Å². The number of ether oxygens (including phenoxy) is 2. The van der Waals surface area contributed by atoms with Gasteiger partial charge in [0.15, 0.2) is 5.60 Å². The van der Waals surface area contributed by atoms with Crippen LogP contribution in [0.2, 0.25) is 20.1 Å². The molecule has 0 saturated carbocycles. The van der Waals surface area contributed by atoms with Gasteiger partial charge in [-0.3, -0.25) is 0 Å². The Hall–Kier alpha value is -5.32. The average Bonchev–Trinajstić information content (AvgIpc) is 3.75. The Morgan fingerprint density at radius 1 is 0.722 bits per heavy atom. The zero-order valence-corrected chi connectivity index (χ0v) is 32.0. The molecule has 262 valence electrons. The second-order valence-electron chi connectivity index (χ2n) is 12.9. The first kappa shape index (κ1) is 34.4. The van der Waals surface area contributed by atoms with Crippen molar-refractivity contribution in [2.75, 3.05) is 10.6 Å². The van der Waals surface area contributed by atoms with Crippen molar-refractivity contribution in [1.29, 1.82) is 10.5 Å². The fourth-order valence-corrected chi connectivity index (χ4v) is 9.63. The van der Waals surface area contributed by atoms with Gasteiger partial charge in [-0.05, 0) is 55.8 Å². The molecule has 9 rings (SSSR count). The summed E-state index contributed by atoms with van der Waals surface area (Å²) in [7, 11) is 0. The van der Waals surface area contributed by atoms with Crippen LogP contribution in [-0.2, 0) is 10.3 Å². The Morgan fingerprint density at radius 3 is 2.00 bits per heavy atom. The largest absolute Gasteiger partial charge is 0.456 e.